The van der Waals surface area contributed by atoms with E-state index in [4.69, 9.17) is 4.74 Å². The Labute approximate surface area is 170 Å². The van der Waals surface area contributed by atoms with Gasteiger partial charge < -0.3 is 15.0 Å². The molecule has 29 heavy (non-hydrogen) atoms. The highest BCUT2D eigenvalue weighted by Gasteiger charge is 2.32. The number of anilines is 3. The molecule has 1 atom stereocenters. The summed E-state index contributed by atoms with van der Waals surface area (Å²) in [6.07, 6.45) is 2.31. The molecule has 0 saturated heterocycles. The van der Waals surface area contributed by atoms with Crippen molar-refractivity contribution < 1.29 is 9.53 Å². The lowest BCUT2D eigenvalue weighted by molar-refractivity contribution is 0.0976. The van der Waals surface area contributed by atoms with Crippen LogP contribution in [-0.2, 0) is 6.42 Å². The van der Waals surface area contributed by atoms with Crippen LogP contribution in [0.1, 0.15) is 36.8 Å². The summed E-state index contributed by atoms with van der Waals surface area (Å²) in [6, 6.07) is 17.4. The number of amides is 1. The quantitative estimate of drug-likeness (QED) is 0.692. The summed E-state index contributed by atoms with van der Waals surface area (Å²) >= 11 is 0. The predicted molar refractivity (Wildman–Crippen MR) is 114 cm³/mol. The summed E-state index contributed by atoms with van der Waals surface area (Å²) in [5, 5.41) is 3.25. The number of aromatic nitrogens is 2. The fraction of sp³-hybridized carbons (Fsp3) is 0.261. The first-order valence-corrected chi connectivity index (χ1v) is 9.79. The molecule has 2 heterocycles. The van der Waals surface area contributed by atoms with Gasteiger partial charge in [-0.25, -0.2) is 9.97 Å². The zero-order valence-electron chi connectivity index (χ0n) is 16.8. The van der Waals surface area contributed by atoms with Crippen LogP contribution < -0.4 is 15.0 Å². The molecule has 6 heteroatoms. The molecule has 4 rings (SSSR count). The fourth-order valence-electron chi connectivity index (χ4n) is 3.61. The largest absolute Gasteiger partial charge is 0.489 e. The normalized spacial score (nSPS) is 15.3. The van der Waals surface area contributed by atoms with Gasteiger partial charge in [-0.1, -0.05) is 30.3 Å². The monoisotopic (exact) mass is 388 g/mol. The molecule has 1 aliphatic rings. The highest BCUT2D eigenvalue weighted by molar-refractivity contribution is 6.06. The topological polar surface area (TPSA) is 67.3 Å². The van der Waals surface area contributed by atoms with Gasteiger partial charge in [0.1, 0.15) is 23.6 Å². The minimum Gasteiger partial charge on any atom is -0.489 e. The summed E-state index contributed by atoms with van der Waals surface area (Å²) in [6.45, 7) is 6.01. The van der Waals surface area contributed by atoms with Crippen LogP contribution in [0.25, 0.3) is 0 Å². The summed E-state index contributed by atoms with van der Waals surface area (Å²) in [4.78, 5) is 23.5. The number of rotatable bonds is 5. The van der Waals surface area contributed by atoms with Gasteiger partial charge >= 0.3 is 0 Å². The maximum absolute atomic E-state index is 13.2. The minimum absolute atomic E-state index is 0.0530. The fourth-order valence-corrected chi connectivity index (χ4v) is 3.61. The zero-order chi connectivity index (χ0) is 20.4. The van der Waals surface area contributed by atoms with Crippen LogP contribution in [0.4, 0.5) is 17.2 Å². The van der Waals surface area contributed by atoms with Crippen molar-refractivity contribution in [1.82, 2.24) is 9.97 Å². The van der Waals surface area contributed by atoms with E-state index in [1.165, 1.54) is 11.9 Å². The van der Waals surface area contributed by atoms with Crippen LogP contribution in [0.3, 0.4) is 0 Å². The first-order chi connectivity index (χ1) is 14.0. The first kappa shape index (κ1) is 18.9. The molecule has 1 N–H and O–H groups in total. The number of nitrogens with one attached hydrogen (secondary N) is 1. The Bertz CT molecular complexity index is 1030. The van der Waals surface area contributed by atoms with E-state index in [9.17, 15) is 4.79 Å². The van der Waals surface area contributed by atoms with Crippen molar-refractivity contribution in [3.05, 3.63) is 72.2 Å². The highest BCUT2D eigenvalue weighted by Crippen LogP contribution is 2.33. The molecular formula is C23H24N4O2. The molecule has 0 saturated carbocycles. The Kier molecular flexibility index (Phi) is 5.16. The van der Waals surface area contributed by atoms with Crippen molar-refractivity contribution in [3.8, 4) is 5.75 Å². The second-order valence-electron chi connectivity index (χ2n) is 7.43. The predicted octanol–water partition coefficient (Wildman–Crippen LogP) is 4.60. The Morgan fingerprint density at radius 3 is 2.72 bits per heavy atom. The number of ether oxygens (including phenoxy) is 1. The molecule has 1 unspecified atom stereocenters. The third kappa shape index (κ3) is 3.92. The van der Waals surface area contributed by atoms with Gasteiger partial charge in [-0.3, -0.25) is 4.79 Å². The van der Waals surface area contributed by atoms with E-state index in [0.717, 1.165) is 23.5 Å². The van der Waals surface area contributed by atoms with Crippen LogP contribution in [0.15, 0.2) is 60.9 Å². The zero-order valence-corrected chi connectivity index (χ0v) is 16.8. The molecule has 148 valence electrons. The molecule has 1 aromatic heterocycles. The molecule has 3 aromatic rings. The van der Waals surface area contributed by atoms with E-state index in [-0.39, 0.29) is 18.1 Å². The van der Waals surface area contributed by atoms with Crippen molar-refractivity contribution in [2.75, 3.05) is 10.2 Å². The van der Waals surface area contributed by atoms with Crippen LogP contribution in [0, 0.1) is 0 Å². The number of para-hydroxylation sites is 3. The minimum atomic E-state index is -0.125. The van der Waals surface area contributed by atoms with Gasteiger partial charge in [-0.15, -0.1) is 0 Å². The molecule has 0 spiro atoms. The molecule has 0 fully saturated rings. The van der Waals surface area contributed by atoms with Gasteiger partial charge in [-0.05, 0) is 51.0 Å². The lowest BCUT2D eigenvalue weighted by atomic mass is 10.1. The maximum Gasteiger partial charge on any atom is 0.277 e. The van der Waals surface area contributed by atoms with Gasteiger partial charge in [-0.2, -0.15) is 0 Å². The summed E-state index contributed by atoms with van der Waals surface area (Å²) in [7, 11) is 0. The number of nitrogens with zero attached hydrogens (tertiary/aromatic N) is 3. The van der Waals surface area contributed by atoms with Crippen molar-refractivity contribution in [1.29, 1.82) is 0 Å². The molecule has 0 bridgehead atoms. The molecule has 2 aromatic carbocycles. The number of carbonyl (C=O) groups is 1. The van der Waals surface area contributed by atoms with Crippen LogP contribution in [0.2, 0.25) is 0 Å². The third-order valence-electron chi connectivity index (χ3n) is 4.82. The SMILES string of the molecule is CC(C)Oc1ccccc1Nc1cc(C(=O)N2c3ccccc3CC2C)ncn1. The Morgan fingerprint density at radius 2 is 1.90 bits per heavy atom. The number of hydrogen-bond donors (Lipinski definition) is 1. The second-order valence-corrected chi connectivity index (χ2v) is 7.43. The molecule has 6 nitrogen and oxygen atoms in total. The maximum atomic E-state index is 13.2. The molecule has 0 aliphatic carbocycles. The van der Waals surface area contributed by atoms with Crippen LogP contribution >= 0.6 is 0 Å². The third-order valence-corrected chi connectivity index (χ3v) is 4.82. The van der Waals surface area contributed by atoms with Gasteiger partial charge in [0.25, 0.3) is 5.91 Å². The standard InChI is InChI=1S/C23H24N4O2/c1-15(2)29-21-11-7-5-9-18(21)26-22-13-19(24-14-25-22)23(28)27-16(3)12-17-8-4-6-10-20(17)27/h4-11,13-16H,12H2,1-3H3,(H,24,25,26). The average molecular weight is 388 g/mol. The van der Waals surface area contributed by atoms with Gasteiger partial charge in [0.15, 0.2) is 0 Å². The Hall–Kier alpha value is -3.41. The van der Waals surface area contributed by atoms with Gasteiger partial charge in [0.05, 0.1) is 11.8 Å². The van der Waals surface area contributed by atoms with Crippen molar-refractivity contribution in [3.63, 3.8) is 0 Å². The summed E-state index contributed by atoms with van der Waals surface area (Å²) in [5.74, 6) is 1.15. The molecule has 1 amide bonds. The van der Waals surface area contributed by atoms with E-state index in [2.05, 4.69) is 28.3 Å². The Morgan fingerprint density at radius 1 is 1.14 bits per heavy atom. The first-order valence-electron chi connectivity index (χ1n) is 9.79. The lowest BCUT2D eigenvalue weighted by Gasteiger charge is -2.22. The number of hydrogen-bond acceptors (Lipinski definition) is 5. The van der Waals surface area contributed by atoms with E-state index < -0.39 is 0 Å². The average Bonchev–Trinajstić information content (AvgIpc) is 3.04. The van der Waals surface area contributed by atoms with E-state index in [0.29, 0.717) is 11.5 Å². The molecule has 0 radical (unpaired) electrons. The van der Waals surface area contributed by atoms with E-state index in [1.807, 2.05) is 61.2 Å². The summed E-state index contributed by atoms with van der Waals surface area (Å²) < 4.78 is 5.85. The van der Waals surface area contributed by atoms with Crippen LogP contribution in [0.5, 0.6) is 5.75 Å². The lowest BCUT2D eigenvalue weighted by Crippen LogP contribution is -2.36. The van der Waals surface area contributed by atoms with Crippen molar-refractivity contribution in [2.24, 2.45) is 0 Å². The number of benzene rings is 2. The van der Waals surface area contributed by atoms with Crippen molar-refractivity contribution in [2.45, 2.75) is 39.3 Å². The van der Waals surface area contributed by atoms with Gasteiger partial charge in [0, 0.05) is 17.8 Å². The summed E-state index contributed by atoms with van der Waals surface area (Å²) in [5.41, 5.74) is 3.28. The smallest absolute Gasteiger partial charge is 0.277 e. The molecule has 1 aliphatic heterocycles. The highest BCUT2D eigenvalue weighted by atomic mass is 16.5. The van der Waals surface area contributed by atoms with E-state index >= 15 is 0 Å². The number of fused-ring (bicyclic) bond motifs is 1. The second kappa shape index (κ2) is 7.91. The van der Waals surface area contributed by atoms with E-state index in [1.54, 1.807) is 6.07 Å². The number of carbonyl (C=O) groups excluding carboxylic acids is 1. The molecular weight excluding hydrogens is 364 g/mol. The van der Waals surface area contributed by atoms with Crippen molar-refractivity contribution >= 4 is 23.1 Å². The Balaban J connectivity index is 1.60. The van der Waals surface area contributed by atoms with Crippen LogP contribution in [-0.4, -0.2) is 28.0 Å². The van der Waals surface area contributed by atoms with Gasteiger partial charge in [0.2, 0.25) is 0 Å².